The van der Waals surface area contributed by atoms with E-state index in [9.17, 15) is 19.2 Å². The summed E-state index contributed by atoms with van der Waals surface area (Å²) in [4.78, 5) is 55.1. The molecule has 4 rings (SSSR count). The number of fused-ring (bicyclic) bond motifs is 2. The highest BCUT2D eigenvalue weighted by Gasteiger charge is 2.60. The molecule has 2 heterocycles. The predicted octanol–water partition coefficient (Wildman–Crippen LogP) is 4.14. The Morgan fingerprint density at radius 2 is 1.82 bits per heavy atom. The summed E-state index contributed by atoms with van der Waals surface area (Å²) in [6.07, 6.45) is 9.11. The lowest BCUT2D eigenvalue weighted by Crippen LogP contribution is -2.58. The molecule has 40 heavy (non-hydrogen) atoms. The molecule has 4 amide bonds. The van der Waals surface area contributed by atoms with Gasteiger partial charge in [0.2, 0.25) is 17.7 Å². The Morgan fingerprint density at radius 1 is 1.07 bits per heavy atom. The van der Waals surface area contributed by atoms with Crippen molar-refractivity contribution >= 4 is 23.8 Å². The number of hydrogen-bond donors (Lipinski definition) is 3. The van der Waals surface area contributed by atoms with Crippen LogP contribution in [0.3, 0.4) is 0 Å². The minimum atomic E-state index is -1.04. The van der Waals surface area contributed by atoms with Gasteiger partial charge in [-0.1, -0.05) is 55.3 Å². The van der Waals surface area contributed by atoms with E-state index in [1.54, 1.807) is 25.7 Å². The van der Waals surface area contributed by atoms with Gasteiger partial charge in [-0.2, -0.15) is 0 Å². The second-order valence-electron chi connectivity index (χ2n) is 12.3. The Morgan fingerprint density at radius 3 is 2.55 bits per heavy atom. The fourth-order valence-corrected chi connectivity index (χ4v) is 5.69. The van der Waals surface area contributed by atoms with Crippen LogP contribution < -0.4 is 16.0 Å². The fourth-order valence-electron chi connectivity index (χ4n) is 5.69. The maximum Gasteiger partial charge on any atom is 0.408 e. The molecule has 1 aliphatic carbocycles. The molecule has 0 unspecified atom stereocenters. The Labute approximate surface area is 237 Å². The SMILES string of the molecule is C[C@H](NC(=O)[C@@]12C[C@@H]1/C=C\CCCCC[C@H](NC(=O)OC(C)(C)C)C(=O)N1CCC[C@H]1C(=O)N2)c1ccccc1. The molecule has 0 bridgehead atoms. The summed E-state index contributed by atoms with van der Waals surface area (Å²) in [6, 6.07) is 8.04. The third kappa shape index (κ3) is 7.23. The van der Waals surface area contributed by atoms with Crippen LogP contribution in [0.1, 0.15) is 90.7 Å². The van der Waals surface area contributed by atoms with Crippen molar-refractivity contribution in [3.05, 3.63) is 48.0 Å². The second-order valence-corrected chi connectivity index (χ2v) is 12.3. The van der Waals surface area contributed by atoms with Crippen LogP contribution in [0.25, 0.3) is 0 Å². The van der Waals surface area contributed by atoms with E-state index in [0.29, 0.717) is 32.2 Å². The van der Waals surface area contributed by atoms with Gasteiger partial charge in [0.05, 0.1) is 6.04 Å². The molecule has 218 valence electrons. The van der Waals surface area contributed by atoms with Gasteiger partial charge in [0, 0.05) is 12.5 Å². The smallest absolute Gasteiger partial charge is 0.408 e. The summed E-state index contributed by atoms with van der Waals surface area (Å²) >= 11 is 0. The number of allylic oxidation sites excluding steroid dienone is 1. The summed E-state index contributed by atoms with van der Waals surface area (Å²) in [5.41, 5.74) is -0.745. The predicted molar refractivity (Wildman–Crippen MR) is 152 cm³/mol. The topological polar surface area (TPSA) is 117 Å². The molecule has 1 aromatic carbocycles. The summed E-state index contributed by atoms with van der Waals surface area (Å²) in [6.45, 7) is 7.68. The third-order valence-electron chi connectivity index (χ3n) is 7.97. The third-order valence-corrected chi connectivity index (χ3v) is 7.97. The van der Waals surface area contributed by atoms with Crippen molar-refractivity contribution < 1.29 is 23.9 Å². The Hall–Kier alpha value is -3.36. The highest BCUT2D eigenvalue weighted by atomic mass is 16.6. The first kappa shape index (κ1) is 29.6. The average molecular weight is 553 g/mol. The van der Waals surface area contributed by atoms with Gasteiger partial charge in [-0.3, -0.25) is 14.4 Å². The number of nitrogens with one attached hydrogen (secondary N) is 3. The Balaban J connectivity index is 1.53. The molecule has 2 fully saturated rings. The molecule has 3 N–H and O–H groups in total. The van der Waals surface area contributed by atoms with Crippen molar-refractivity contribution in [2.24, 2.45) is 5.92 Å². The summed E-state index contributed by atoms with van der Waals surface area (Å²) in [7, 11) is 0. The van der Waals surface area contributed by atoms with E-state index in [2.05, 4.69) is 28.1 Å². The van der Waals surface area contributed by atoms with Gasteiger partial charge in [0.1, 0.15) is 23.2 Å². The zero-order valence-corrected chi connectivity index (χ0v) is 24.2. The summed E-state index contributed by atoms with van der Waals surface area (Å²) in [5.74, 6) is -0.914. The molecule has 1 aromatic rings. The van der Waals surface area contributed by atoms with Gasteiger partial charge in [-0.05, 0) is 71.8 Å². The molecule has 5 atom stereocenters. The zero-order chi connectivity index (χ0) is 28.9. The second kappa shape index (κ2) is 12.4. The maximum atomic E-state index is 13.7. The lowest BCUT2D eigenvalue weighted by molar-refractivity contribution is -0.141. The fraction of sp³-hybridized carbons (Fsp3) is 0.613. The van der Waals surface area contributed by atoms with E-state index in [1.165, 1.54) is 0 Å². The molecule has 1 saturated heterocycles. The number of amides is 4. The van der Waals surface area contributed by atoms with Crippen LogP contribution in [0, 0.1) is 5.92 Å². The average Bonchev–Trinajstić information content (AvgIpc) is 3.36. The maximum absolute atomic E-state index is 13.7. The van der Waals surface area contributed by atoms with E-state index >= 15 is 0 Å². The first-order chi connectivity index (χ1) is 19.0. The van der Waals surface area contributed by atoms with Gasteiger partial charge in [-0.15, -0.1) is 0 Å². The van der Waals surface area contributed by atoms with Gasteiger partial charge in [0.15, 0.2) is 0 Å². The molecule has 3 aliphatic rings. The standard InChI is InChI=1S/C31H44N4O5/c1-21(22-14-9-8-10-15-22)32-28(38)31-20-23(31)16-11-6-5-7-12-17-24(33-29(39)40-30(2,3)4)27(37)35-19-13-18-25(35)26(36)34-31/h8-11,14-16,21,23-25H,5-7,12-13,17-20H2,1-4H3,(H,32,38)(H,33,39)(H,34,36)/b16-11-/t21-,23-,24-,25-,31+/m0/s1. The monoisotopic (exact) mass is 552 g/mol. The largest absolute Gasteiger partial charge is 0.444 e. The zero-order valence-electron chi connectivity index (χ0n) is 24.2. The molecule has 9 heteroatoms. The first-order valence-corrected chi connectivity index (χ1v) is 14.6. The Bertz CT molecular complexity index is 1110. The van der Waals surface area contributed by atoms with Crippen LogP contribution in [-0.2, 0) is 19.1 Å². The number of nitrogens with zero attached hydrogens (tertiary/aromatic N) is 1. The molecule has 0 spiro atoms. The molecule has 1 saturated carbocycles. The van der Waals surface area contributed by atoms with Crippen molar-refractivity contribution in [3.8, 4) is 0 Å². The minimum absolute atomic E-state index is 0.100. The van der Waals surface area contributed by atoms with Crippen molar-refractivity contribution in [2.75, 3.05) is 6.54 Å². The first-order valence-electron chi connectivity index (χ1n) is 14.6. The van der Waals surface area contributed by atoms with Crippen LogP contribution in [-0.4, -0.2) is 58.5 Å². The number of hydrogen-bond acceptors (Lipinski definition) is 5. The lowest BCUT2D eigenvalue weighted by atomic mass is 10.0. The molecule has 9 nitrogen and oxygen atoms in total. The number of ether oxygens (including phenoxy) is 1. The minimum Gasteiger partial charge on any atom is -0.444 e. The van der Waals surface area contributed by atoms with E-state index in [0.717, 1.165) is 31.2 Å². The van der Waals surface area contributed by atoms with Crippen molar-refractivity contribution in [2.45, 2.75) is 108 Å². The van der Waals surface area contributed by atoms with Gasteiger partial charge < -0.3 is 25.6 Å². The molecular weight excluding hydrogens is 508 g/mol. The number of carbonyl (C=O) groups excluding carboxylic acids is 4. The van der Waals surface area contributed by atoms with Crippen LogP contribution >= 0.6 is 0 Å². The number of benzene rings is 1. The van der Waals surface area contributed by atoms with Crippen LogP contribution in [0.4, 0.5) is 4.79 Å². The summed E-state index contributed by atoms with van der Waals surface area (Å²) in [5, 5.41) is 8.93. The van der Waals surface area contributed by atoms with Crippen LogP contribution in [0.5, 0.6) is 0 Å². The van der Waals surface area contributed by atoms with E-state index in [-0.39, 0.29) is 29.7 Å². The van der Waals surface area contributed by atoms with Crippen molar-refractivity contribution in [1.29, 1.82) is 0 Å². The van der Waals surface area contributed by atoms with Gasteiger partial charge in [-0.25, -0.2) is 4.79 Å². The number of rotatable bonds is 4. The highest BCUT2D eigenvalue weighted by molar-refractivity contribution is 5.98. The molecule has 0 radical (unpaired) electrons. The summed E-state index contributed by atoms with van der Waals surface area (Å²) < 4.78 is 5.42. The Kier molecular flexibility index (Phi) is 9.21. The number of alkyl carbamates (subject to hydrolysis) is 1. The van der Waals surface area contributed by atoms with E-state index < -0.39 is 29.3 Å². The quantitative estimate of drug-likeness (QED) is 0.486. The van der Waals surface area contributed by atoms with E-state index in [1.807, 2.05) is 37.3 Å². The molecular formula is C31H44N4O5. The number of carbonyl (C=O) groups is 4. The lowest BCUT2D eigenvalue weighted by Gasteiger charge is -2.31. The molecule has 0 aromatic heterocycles. The molecule has 2 aliphatic heterocycles. The van der Waals surface area contributed by atoms with Crippen LogP contribution in [0.2, 0.25) is 0 Å². The van der Waals surface area contributed by atoms with E-state index in [4.69, 9.17) is 4.74 Å². The van der Waals surface area contributed by atoms with Gasteiger partial charge >= 0.3 is 6.09 Å². The highest BCUT2D eigenvalue weighted by Crippen LogP contribution is 2.46. The van der Waals surface area contributed by atoms with Gasteiger partial charge in [0.25, 0.3) is 0 Å². The normalized spacial score (nSPS) is 29.0. The van der Waals surface area contributed by atoms with Crippen molar-refractivity contribution in [1.82, 2.24) is 20.9 Å². The van der Waals surface area contributed by atoms with Crippen LogP contribution in [0.15, 0.2) is 42.5 Å². The van der Waals surface area contributed by atoms with Crippen molar-refractivity contribution in [3.63, 3.8) is 0 Å².